The first-order valence-corrected chi connectivity index (χ1v) is 4.44. The van der Waals surface area contributed by atoms with E-state index in [0.717, 1.165) is 17.8 Å². The Bertz CT molecular complexity index is 416. The van der Waals surface area contributed by atoms with Crippen molar-refractivity contribution in [2.24, 2.45) is 0 Å². The summed E-state index contributed by atoms with van der Waals surface area (Å²) in [7, 11) is 0. The molecule has 2 rings (SSSR count). The molecule has 4 heteroatoms. The maximum atomic E-state index is 5.65. The molecule has 0 bridgehead atoms. The standard InChI is InChI=1S/C10H12N4/c1-8-2-3-9(6-13-8)7-14-5-4-12-10(14)11/h2-6H,7H2,1H3,(H2,11,12). The van der Waals surface area contributed by atoms with E-state index in [9.17, 15) is 0 Å². The molecular formula is C10H12N4. The molecule has 2 heterocycles. The van der Waals surface area contributed by atoms with Crippen LogP contribution in [0.3, 0.4) is 0 Å². The summed E-state index contributed by atoms with van der Waals surface area (Å²) in [5, 5.41) is 0. The molecule has 0 aromatic carbocycles. The average Bonchev–Trinajstić information content (AvgIpc) is 2.56. The van der Waals surface area contributed by atoms with Crippen LogP contribution in [-0.2, 0) is 6.54 Å². The normalized spacial score (nSPS) is 10.4. The van der Waals surface area contributed by atoms with Crippen molar-refractivity contribution in [2.45, 2.75) is 13.5 Å². The lowest BCUT2D eigenvalue weighted by molar-refractivity contribution is 0.805. The van der Waals surface area contributed by atoms with Crippen molar-refractivity contribution >= 4 is 5.95 Å². The molecule has 2 aromatic rings. The predicted octanol–water partition coefficient (Wildman–Crippen LogP) is 1.22. The number of imidazole rings is 1. The Hall–Kier alpha value is -1.84. The second kappa shape index (κ2) is 3.49. The fraction of sp³-hybridized carbons (Fsp3) is 0.200. The number of hydrogen-bond donors (Lipinski definition) is 1. The number of rotatable bonds is 2. The van der Waals surface area contributed by atoms with E-state index >= 15 is 0 Å². The van der Waals surface area contributed by atoms with Gasteiger partial charge in [-0.25, -0.2) is 4.98 Å². The molecule has 0 saturated carbocycles. The second-order valence-electron chi connectivity index (χ2n) is 3.22. The Kier molecular flexibility index (Phi) is 2.18. The number of nitrogens with zero attached hydrogens (tertiary/aromatic N) is 3. The molecule has 0 aliphatic rings. The highest BCUT2D eigenvalue weighted by atomic mass is 15.1. The molecule has 0 atom stereocenters. The lowest BCUT2D eigenvalue weighted by Crippen LogP contribution is -2.03. The molecular weight excluding hydrogens is 176 g/mol. The zero-order valence-electron chi connectivity index (χ0n) is 8.01. The van der Waals surface area contributed by atoms with Gasteiger partial charge in [-0.2, -0.15) is 0 Å². The van der Waals surface area contributed by atoms with Crippen LogP contribution in [0.4, 0.5) is 5.95 Å². The van der Waals surface area contributed by atoms with Crippen molar-refractivity contribution in [1.82, 2.24) is 14.5 Å². The van der Waals surface area contributed by atoms with Gasteiger partial charge in [0.15, 0.2) is 5.95 Å². The lowest BCUT2D eigenvalue weighted by atomic mass is 10.2. The number of aryl methyl sites for hydroxylation is 1. The third-order valence-corrected chi connectivity index (χ3v) is 2.07. The van der Waals surface area contributed by atoms with Crippen molar-refractivity contribution in [3.63, 3.8) is 0 Å². The Balaban J connectivity index is 2.19. The Morgan fingerprint density at radius 3 is 2.79 bits per heavy atom. The predicted molar refractivity (Wildman–Crippen MR) is 54.7 cm³/mol. The maximum absolute atomic E-state index is 5.65. The monoisotopic (exact) mass is 188 g/mol. The molecule has 72 valence electrons. The maximum Gasteiger partial charge on any atom is 0.200 e. The van der Waals surface area contributed by atoms with Gasteiger partial charge in [0, 0.05) is 24.3 Å². The molecule has 14 heavy (non-hydrogen) atoms. The summed E-state index contributed by atoms with van der Waals surface area (Å²) in [6.07, 6.45) is 5.40. The number of nitrogens with two attached hydrogens (primary N) is 1. The molecule has 4 nitrogen and oxygen atoms in total. The first kappa shape index (κ1) is 8.74. The van der Waals surface area contributed by atoms with Gasteiger partial charge in [-0.1, -0.05) is 6.07 Å². The van der Waals surface area contributed by atoms with Crippen LogP contribution in [0.2, 0.25) is 0 Å². The Morgan fingerprint density at radius 2 is 2.21 bits per heavy atom. The third-order valence-electron chi connectivity index (χ3n) is 2.07. The van der Waals surface area contributed by atoms with Crippen molar-refractivity contribution in [2.75, 3.05) is 5.73 Å². The summed E-state index contributed by atoms with van der Waals surface area (Å²) < 4.78 is 1.88. The van der Waals surface area contributed by atoms with Crippen LogP contribution in [0.1, 0.15) is 11.3 Å². The number of aromatic nitrogens is 3. The van der Waals surface area contributed by atoms with E-state index in [1.807, 2.05) is 36.0 Å². The summed E-state index contributed by atoms with van der Waals surface area (Å²) in [5.74, 6) is 0.533. The van der Waals surface area contributed by atoms with E-state index in [1.54, 1.807) is 6.20 Å². The number of anilines is 1. The van der Waals surface area contributed by atoms with Crippen LogP contribution < -0.4 is 5.73 Å². The highest BCUT2D eigenvalue weighted by Crippen LogP contribution is 2.05. The van der Waals surface area contributed by atoms with E-state index in [1.165, 1.54) is 0 Å². The molecule has 0 saturated heterocycles. The molecule has 0 radical (unpaired) electrons. The number of pyridine rings is 1. The minimum atomic E-state index is 0.533. The van der Waals surface area contributed by atoms with Crippen LogP contribution in [0.25, 0.3) is 0 Å². The summed E-state index contributed by atoms with van der Waals surface area (Å²) in [6, 6.07) is 4.03. The molecule has 2 N–H and O–H groups in total. The molecule has 0 spiro atoms. The lowest BCUT2D eigenvalue weighted by Gasteiger charge is -2.04. The zero-order chi connectivity index (χ0) is 9.97. The Labute approximate surface area is 82.4 Å². The van der Waals surface area contributed by atoms with Gasteiger partial charge in [-0.3, -0.25) is 4.98 Å². The molecule has 0 aliphatic carbocycles. The highest BCUT2D eigenvalue weighted by Gasteiger charge is 1.98. The topological polar surface area (TPSA) is 56.7 Å². The van der Waals surface area contributed by atoms with Crippen LogP contribution in [0.15, 0.2) is 30.7 Å². The largest absolute Gasteiger partial charge is 0.369 e. The summed E-state index contributed by atoms with van der Waals surface area (Å²) in [4.78, 5) is 8.17. The minimum Gasteiger partial charge on any atom is -0.369 e. The van der Waals surface area contributed by atoms with E-state index in [4.69, 9.17) is 5.73 Å². The molecule has 2 aromatic heterocycles. The van der Waals surface area contributed by atoms with E-state index in [2.05, 4.69) is 9.97 Å². The molecule has 0 aliphatic heterocycles. The van der Waals surface area contributed by atoms with Gasteiger partial charge in [0.2, 0.25) is 0 Å². The highest BCUT2D eigenvalue weighted by molar-refractivity contribution is 5.21. The second-order valence-corrected chi connectivity index (χ2v) is 3.22. The van der Waals surface area contributed by atoms with Gasteiger partial charge in [-0.15, -0.1) is 0 Å². The van der Waals surface area contributed by atoms with Gasteiger partial charge in [-0.05, 0) is 18.6 Å². The summed E-state index contributed by atoms with van der Waals surface area (Å²) in [6.45, 7) is 2.69. The Morgan fingerprint density at radius 1 is 1.36 bits per heavy atom. The van der Waals surface area contributed by atoms with Crippen molar-refractivity contribution in [1.29, 1.82) is 0 Å². The smallest absolute Gasteiger partial charge is 0.200 e. The number of nitrogen functional groups attached to an aromatic ring is 1. The van der Waals surface area contributed by atoms with Crippen molar-refractivity contribution < 1.29 is 0 Å². The van der Waals surface area contributed by atoms with Gasteiger partial charge < -0.3 is 10.3 Å². The fourth-order valence-electron chi connectivity index (χ4n) is 1.26. The van der Waals surface area contributed by atoms with Gasteiger partial charge in [0.25, 0.3) is 0 Å². The van der Waals surface area contributed by atoms with Crippen molar-refractivity contribution in [3.05, 3.63) is 42.0 Å². The summed E-state index contributed by atoms with van der Waals surface area (Å²) in [5.41, 5.74) is 7.80. The first-order chi connectivity index (χ1) is 6.75. The average molecular weight is 188 g/mol. The van der Waals surface area contributed by atoms with Gasteiger partial charge in [0.1, 0.15) is 0 Å². The van der Waals surface area contributed by atoms with Crippen LogP contribution in [0.5, 0.6) is 0 Å². The quantitative estimate of drug-likeness (QED) is 0.770. The summed E-state index contributed by atoms with van der Waals surface area (Å²) >= 11 is 0. The van der Waals surface area contributed by atoms with Crippen LogP contribution in [0, 0.1) is 6.92 Å². The number of hydrogen-bond acceptors (Lipinski definition) is 3. The van der Waals surface area contributed by atoms with Crippen LogP contribution >= 0.6 is 0 Å². The fourth-order valence-corrected chi connectivity index (χ4v) is 1.26. The third kappa shape index (κ3) is 1.74. The molecule has 0 amide bonds. The van der Waals surface area contributed by atoms with Crippen LogP contribution in [-0.4, -0.2) is 14.5 Å². The van der Waals surface area contributed by atoms with Gasteiger partial charge >= 0.3 is 0 Å². The van der Waals surface area contributed by atoms with Gasteiger partial charge in [0.05, 0.1) is 6.54 Å². The van der Waals surface area contributed by atoms with Crippen molar-refractivity contribution in [3.8, 4) is 0 Å². The SMILES string of the molecule is Cc1ccc(Cn2ccnc2N)cn1. The molecule has 0 fully saturated rings. The minimum absolute atomic E-state index is 0.533. The van der Waals surface area contributed by atoms with E-state index < -0.39 is 0 Å². The van der Waals surface area contributed by atoms with E-state index in [-0.39, 0.29) is 0 Å². The zero-order valence-corrected chi connectivity index (χ0v) is 8.01. The molecule has 0 unspecified atom stereocenters. The van der Waals surface area contributed by atoms with E-state index in [0.29, 0.717) is 5.95 Å². The first-order valence-electron chi connectivity index (χ1n) is 4.44.